The molecule has 4 bridgehead atoms. The molecular weight excluding hydrogens is 453 g/mol. The lowest BCUT2D eigenvalue weighted by Crippen LogP contribution is -2.59. The van der Waals surface area contributed by atoms with Gasteiger partial charge in [0.2, 0.25) is 0 Å². The molecule has 4 fully saturated rings. The Hall–Kier alpha value is -2.22. The van der Waals surface area contributed by atoms with Crippen LogP contribution in [0.3, 0.4) is 0 Å². The summed E-state index contributed by atoms with van der Waals surface area (Å²) in [7, 11) is 0. The summed E-state index contributed by atoms with van der Waals surface area (Å²) in [4.78, 5) is 13.3. The highest BCUT2D eigenvalue weighted by molar-refractivity contribution is 6.36. The Kier molecular flexibility index (Phi) is 4.77. The van der Waals surface area contributed by atoms with Crippen LogP contribution in [0.4, 0.5) is 19.0 Å². The van der Waals surface area contributed by atoms with Crippen LogP contribution in [0, 0.1) is 17.8 Å². The quantitative estimate of drug-likeness (QED) is 0.577. The van der Waals surface area contributed by atoms with Gasteiger partial charge in [0.1, 0.15) is 10.8 Å². The van der Waals surface area contributed by atoms with Gasteiger partial charge in [0.15, 0.2) is 11.7 Å². The van der Waals surface area contributed by atoms with E-state index in [2.05, 4.69) is 15.7 Å². The van der Waals surface area contributed by atoms with E-state index in [0.717, 1.165) is 29.5 Å². The molecule has 1 aromatic heterocycles. The Balaban J connectivity index is 1.32. The molecule has 2 aromatic rings. The maximum atomic E-state index is 14.0. The van der Waals surface area contributed by atoms with Gasteiger partial charge in [-0.25, -0.2) is 4.68 Å². The minimum Gasteiger partial charge on any atom is -0.362 e. The molecule has 0 spiro atoms. The lowest BCUT2D eigenvalue weighted by molar-refractivity contribution is -0.173. The summed E-state index contributed by atoms with van der Waals surface area (Å²) in [6.07, 6.45) is 1.76. The van der Waals surface area contributed by atoms with E-state index in [-0.39, 0.29) is 28.5 Å². The van der Waals surface area contributed by atoms with Crippen molar-refractivity contribution in [1.29, 1.82) is 0 Å². The molecule has 0 radical (unpaired) electrons. The Morgan fingerprint density at radius 2 is 1.67 bits per heavy atom. The molecule has 1 aliphatic heterocycles. The van der Waals surface area contributed by atoms with E-state index in [1.165, 1.54) is 19.3 Å². The highest BCUT2D eigenvalue weighted by Crippen LogP contribution is 2.56. The first-order valence-electron chi connectivity index (χ1n) is 11.7. The number of rotatable bonds is 3. The molecule has 0 saturated heterocycles. The van der Waals surface area contributed by atoms with E-state index in [0.29, 0.717) is 17.8 Å². The van der Waals surface area contributed by atoms with Crippen LogP contribution in [0.25, 0.3) is 0 Å². The van der Waals surface area contributed by atoms with Crippen molar-refractivity contribution >= 4 is 23.3 Å². The van der Waals surface area contributed by atoms with E-state index in [4.69, 9.17) is 11.6 Å². The zero-order valence-electron chi connectivity index (χ0n) is 18.0. The van der Waals surface area contributed by atoms with Gasteiger partial charge in [-0.15, -0.1) is 0 Å². The summed E-state index contributed by atoms with van der Waals surface area (Å²) in [6, 6.07) is 6.51. The Morgan fingerprint density at radius 3 is 2.24 bits per heavy atom. The first-order valence-corrected chi connectivity index (χ1v) is 12.1. The highest BCUT2D eigenvalue weighted by atomic mass is 35.5. The second-order valence-electron chi connectivity index (χ2n) is 10.5. The van der Waals surface area contributed by atoms with Gasteiger partial charge in [0.05, 0.1) is 6.04 Å². The molecule has 9 heteroatoms. The second kappa shape index (κ2) is 7.39. The molecule has 5 nitrogen and oxygen atoms in total. The summed E-state index contributed by atoms with van der Waals surface area (Å²) in [5, 5.41) is 10.4. The second-order valence-corrected chi connectivity index (χ2v) is 10.9. The van der Waals surface area contributed by atoms with Crippen molar-refractivity contribution in [3.8, 4) is 0 Å². The molecule has 4 saturated carbocycles. The molecule has 1 aromatic carbocycles. The first-order chi connectivity index (χ1) is 15.7. The number of aromatic nitrogens is 2. The number of carbonyl (C=O) groups is 1. The summed E-state index contributed by atoms with van der Waals surface area (Å²) in [5.41, 5.74) is 0.329. The highest BCUT2D eigenvalue weighted by Gasteiger charge is 2.52. The molecule has 2 unspecified atom stereocenters. The maximum Gasteiger partial charge on any atom is 0.410 e. The van der Waals surface area contributed by atoms with Crippen LogP contribution in [0.1, 0.15) is 73.1 Å². The summed E-state index contributed by atoms with van der Waals surface area (Å²) in [6.45, 7) is 0. The van der Waals surface area contributed by atoms with Crippen molar-refractivity contribution in [2.24, 2.45) is 17.8 Å². The van der Waals surface area contributed by atoms with Gasteiger partial charge >= 0.3 is 6.18 Å². The van der Waals surface area contributed by atoms with Crippen LogP contribution >= 0.6 is 11.6 Å². The fraction of sp³-hybridized carbons (Fsp3) is 0.583. The summed E-state index contributed by atoms with van der Waals surface area (Å²) in [5.74, 6) is 1.47. The number of nitrogens with zero attached hydrogens (tertiary/aromatic N) is 2. The van der Waals surface area contributed by atoms with Gasteiger partial charge in [-0.1, -0.05) is 41.9 Å². The fourth-order valence-electron chi connectivity index (χ4n) is 7.20. The molecule has 176 valence electrons. The summed E-state index contributed by atoms with van der Waals surface area (Å²) >= 11 is 6.52. The lowest BCUT2D eigenvalue weighted by atomic mass is 9.53. The smallest absolute Gasteiger partial charge is 0.362 e. The zero-order chi connectivity index (χ0) is 23.0. The van der Waals surface area contributed by atoms with E-state index in [1.807, 2.05) is 6.07 Å². The van der Waals surface area contributed by atoms with E-state index in [1.54, 1.807) is 24.3 Å². The largest absolute Gasteiger partial charge is 0.410 e. The van der Waals surface area contributed by atoms with Gasteiger partial charge in [-0.05, 0) is 61.8 Å². The van der Waals surface area contributed by atoms with Crippen molar-refractivity contribution in [2.75, 3.05) is 5.32 Å². The van der Waals surface area contributed by atoms with E-state index >= 15 is 0 Å². The van der Waals surface area contributed by atoms with Crippen molar-refractivity contribution in [3.05, 3.63) is 46.6 Å². The zero-order valence-corrected chi connectivity index (χ0v) is 18.8. The topological polar surface area (TPSA) is 59.0 Å². The molecule has 33 heavy (non-hydrogen) atoms. The molecule has 4 aliphatic carbocycles. The SMILES string of the molecule is O=C(NC12CC3CC(CC(C3)C1)C2)c1nn2c(c1Cl)NC(c1ccccc1)CC2C(F)(F)F. The number of anilines is 1. The third kappa shape index (κ3) is 3.61. The number of carbonyl (C=O) groups excluding carboxylic acids is 1. The Labute approximate surface area is 195 Å². The number of benzene rings is 1. The molecule has 1 amide bonds. The van der Waals surface area contributed by atoms with E-state index < -0.39 is 24.2 Å². The molecule has 7 rings (SSSR count). The van der Waals surface area contributed by atoms with Crippen molar-refractivity contribution in [2.45, 2.75) is 68.7 Å². The van der Waals surface area contributed by atoms with E-state index in [9.17, 15) is 18.0 Å². The monoisotopic (exact) mass is 478 g/mol. The van der Waals surface area contributed by atoms with Crippen LogP contribution in [-0.4, -0.2) is 27.4 Å². The normalized spacial score (nSPS) is 34.6. The van der Waals surface area contributed by atoms with Crippen molar-refractivity contribution in [1.82, 2.24) is 15.1 Å². The van der Waals surface area contributed by atoms with Crippen LogP contribution in [0.5, 0.6) is 0 Å². The molecule has 2 N–H and O–H groups in total. The standard InChI is InChI=1S/C24H26ClF3N4O/c25-19-20(22(33)30-23-10-13-6-14(11-23)8-15(7-13)12-23)31-32-18(24(26,27)28)9-17(29-21(19)32)16-4-2-1-3-5-16/h1-5,13-15,17-18,29H,6-12H2,(H,30,33). The van der Waals surface area contributed by atoms with Gasteiger partial charge in [0, 0.05) is 12.0 Å². The van der Waals surface area contributed by atoms with Crippen molar-refractivity contribution in [3.63, 3.8) is 0 Å². The maximum absolute atomic E-state index is 14.0. The van der Waals surface area contributed by atoms with Crippen molar-refractivity contribution < 1.29 is 18.0 Å². The van der Waals surface area contributed by atoms with Crippen LogP contribution < -0.4 is 10.6 Å². The number of hydrogen-bond acceptors (Lipinski definition) is 3. The van der Waals surface area contributed by atoms with Gasteiger partial charge in [0.25, 0.3) is 5.91 Å². The van der Waals surface area contributed by atoms with Gasteiger partial charge in [-0.3, -0.25) is 4.79 Å². The van der Waals surface area contributed by atoms with Crippen LogP contribution in [0.15, 0.2) is 30.3 Å². The van der Waals surface area contributed by atoms with Gasteiger partial charge < -0.3 is 10.6 Å². The number of alkyl halides is 3. The number of amides is 1. The number of fused-ring (bicyclic) bond motifs is 1. The average molecular weight is 479 g/mol. The average Bonchev–Trinajstić information content (AvgIpc) is 3.08. The van der Waals surface area contributed by atoms with Gasteiger partial charge in [-0.2, -0.15) is 18.3 Å². The number of halogens is 4. The lowest BCUT2D eigenvalue weighted by Gasteiger charge is -2.56. The third-order valence-electron chi connectivity index (χ3n) is 8.13. The molecular formula is C24H26ClF3N4O. The molecule has 5 aliphatic rings. The molecule has 2 atom stereocenters. The van der Waals surface area contributed by atoms with Crippen LogP contribution in [0.2, 0.25) is 5.02 Å². The Morgan fingerprint density at radius 1 is 1.06 bits per heavy atom. The minimum absolute atomic E-state index is 0.0490. The Bertz CT molecular complexity index is 1050. The fourth-order valence-corrected chi connectivity index (χ4v) is 7.47. The van der Waals surface area contributed by atoms with Crippen LogP contribution in [-0.2, 0) is 0 Å². The summed E-state index contributed by atoms with van der Waals surface area (Å²) < 4.78 is 42.9. The minimum atomic E-state index is -4.52. The number of nitrogens with one attached hydrogen (secondary N) is 2. The third-order valence-corrected chi connectivity index (χ3v) is 8.49. The predicted octanol–water partition coefficient (Wildman–Crippen LogP) is 5.90. The first kappa shape index (κ1) is 21.3. The predicted molar refractivity (Wildman–Crippen MR) is 118 cm³/mol. The number of hydrogen-bond donors (Lipinski definition) is 2. The molecule has 2 heterocycles.